The molecule has 8 bridgehead atoms. The maximum atomic E-state index is 2.65. The second-order valence-electron chi connectivity index (χ2n) is 35.6. The molecule has 0 aromatic heterocycles. The number of hydrogen-bond donors (Lipinski definition) is 0. The van der Waals surface area contributed by atoms with E-state index < -0.39 is 0 Å². The SMILES string of the molecule is c1ccc(-c2ccc(-c3c4ccccc4c(-c4ccc(-c5ccc6c(c5)C5(c7ccccc7-6)C6CC7CC(C6)CC5C7)c5ccccc45)c4ccccc34)cc2)cc1.c1ccc2c(c1)-c1ccc(-c3ccc(-c4c5ccccc5c(-c5ccc6ccccc6c5)c5ccccc45)c4ccccc34)cc1C21C2CC3CC(C2)CC1C3. The molecular formula is C114H86. The molecular weight excluding hydrogens is 1370 g/mol. The highest BCUT2D eigenvalue weighted by atomic mass is 14.7. The summed E-state index contributed by atoms with van der Waals surface area (Å²) in [6, 6.07) is 134. The fraction of sp³-hybridized carbons (Fsp3) is 0.175. The van der Waals surface area contributed by atoms with Crippen LogP contribution in [0.3, 0.4) is 0 Å². The quantitative estimate of drug-likeness (QED) is 0.140. The molecule has 0 amide bonds. The van der Waals surface area contributed by atoms with Crippen LogP contribution < -0.4 is 0 Å². The van der Waals surface area contributed by atoms with Gasteiger partial charge in [-0.3, -0.25) is 0 Å². The molecule has 10 aliphatic rings. The Balaban J connectivity index is 0.000000129. The van der Waals surface area contributed by atoms with Crippen LogP contribution in [0.4, 0.5) is 0 Å². The first-order chi connectivity index (χ1) is 56.5. The number of fused-ring (bicyclic) bond motifs is 13. The monoisotopic (exact) mass is 1450 g/mol. The first-order valence-corrected chi connectivity index (χ1v) is 42.5. The van der Waals surface area contributed by atoms with E-state index in [4.69, 9.17) is 0 Å². The van der Waals surface area contributed by atoms with Crippen molar-refractivity contribution in [3.05, 3.63) is 374 Å². The molecule has 18 aromatic carbocycles. The van der Waals surface area contributed by atoms with Crippen LogP contribution in [0.15, 0.2) is 352 Å². The Labute approximate surface area is 667 Å². The summed E-state index contributed by atoms with van der Waals surface area (Å²) in [6.07, 6.45) is 14.2. The molecule has 18 aromatic rings. The van der Waals surface area contributed by atoms with E-state index in [-0.39, 0.29) is 10.8 Å². The van der Waals surface area contributed by atoms with E-state index in [1.165, 1.54) is 240 Å². The molecule has 10 aliphatic carbocycles. The van der Waals surface area contributed by atoms with Crippen molar-refractivity contribution in [3.8, 4) is 100 Å². The zero-order valence-corrected chi connectivity index (χ0v) is 64.2. The van der Waals surface area contributed by atoms with Crippen molar-refractivity contribution in [2.45, 2.75) is 75.0 Å². The van der Waals surface area contributed by atoms with Gasteiger partial charge in [-0.05, 0) is 328 Å². The summed E-state index contributed by atoms with van der Waals surface area (Å²) in [4.78, 5) is 0. The third kappa shape index (κ3) is 9.40. The van der Waals surface area contributed by atoms with Crippen molar-refractivity contribution in [1.29, 1.82) is 0 Å². The zero-order chi connectivity index (χ0) is 74.5. The molecule has 542 valence electrons. The van der Waals surface area contributed by atoms with Gasteiger partial charge in [-0.2, -0.15) is 0 Å². The lowest BCUT2D eigenvalue weighted by Crippen LogP contribution is -2.55. The summed E-state index contributed by atoms with van der Waals surface area (Å²) in [5.41, 5.74) is 31.0. The van der Waals surface area contributed by atoms with Gasteiger partial charge >= 0.3 is 0 Å². The Kier molecular flexibility index (Phi) is 14.4. The van der Waals surface area contributed by atoms with Gasteiger partial charge in [-0.1, -0.05) is 334 Å². The summed E-state index contributed by atoms with van der Waals surface area (Å²) in [5.74, 6) is 6.78. The second kappa shape index (κ2) is 25.1. The summed E-state index contributed by atoms with van der Waals surface area (Å²) in [6.45, 7) is 0. The van der Waals surface area contributed by atoms with Crippen molar-refractivity contribution in [2.24, 2.45) is 47.3 Å². The topological polar surface area (TPSA) is 0 Å². The maximum Gasteiger partial charge on any atom is 0.0272 e. The molecule has 0 N–H and O–H groups in total. The van der Waals surface area contributed by atoms with E-state index in [1.54, 1.807) is 22.3 Å². The van der Waals surface area contributed by atoms with Gasteiger partial charge in [0.15, 0.2) is 0 Å². The summed E-state index contributed by atoms with van der Waals surface area (Å²) in [7, 11) is 0. The Morgan fingerprint density at radius 1 is 0.158 bits per heavy atom. The Morgan fingerprint density at radius 2 is 0.439 bits per heavy atom. The third-order valence-electron chi connectivity index (χ3n) is 30.3. The van der Waals surface area contributed by atoms with Gasteiger partial charge < -0.3 is 0 Å². The van der Waals surface area contributed by atoms with E-state index in [9.17, 15) is 0 Å². The van der Waals surface area contributed by atoms with Gasteiger partial charge in [0.1, 0.15) is 0 Å². The third-order valence-corrected chi connectivity index (χ3v) is 30.3. The fourth-order valence-electron chi connectivity index (χ4n) is 26.4. The smallest absolute Gasteiger partial charge is 0.0272 e. The molecule has 8 fully saturated rings. The van der Waals surface area contributed by atoms with Crippen molar-refractivity contribution in [2.75, 3.05) is 0 Å². The number of benzene rings is 18. The van der Waals surface area contributed by atoms with E-state index in [1.807, 2.05) is 0 Å². The standard InChI is InChI=1S/C58H44.C56H42/c1-2-12-38(13-3-1)39-22-24-40(25-23-39)56-49-17-6-8-19-51(49)57(52-20-9-7-18-50(52)56)53-29-28-44(45-14-4-5-15-46(45)53)41-26-27-48-47-16-10-11-21-54(47)58(55(48)35-41)42-31-36-30-37(33-42)34-43(58)32-36;1-2-12-37-32-39(22-21-36(37)11-1)54-47-16-5-7-18-49(47)55(50-19-8-6-17-48(50)54)51-26-25-42(43-13-3-4-14-44(43)51)38-23-24-46-45-15-9-10-20-52(45)56(53(46)33-38)40-28-34-27-35(30-40)31-41(56)29-34/h1-29,35-37,42-43H,30-34H2;1-26,32-35,40-41H,27-31H2. The van der Waals surface area contributed by atoms with Crippen LogP contribution in [0, 0.1) is 47.3 Å². The lowest BCUT2D eigenvalue weighted by molar-refractivity contribution is -0.0399. The van der Waals surface area contributed by atoms with E-state index >= 15 is 0 Å². The average molecular weight is 1460 g/mol. The molecule has 0 saturated heterocycles. The Bertz CT molecular complexity index is 6890. The van der Waals surface area contributed by atoms with Crippen LogP contribution in [0.5, 0.6) is 0 Å². The normalized spacial score (nSPS) is 22.8. The van der Waals surface area contributed by atoms with Gasteiger partial charge in [-0.25, -0.2) is 0 Å². The van der Waals surface area contributed by atoms with Gasteiger partial charge in [-0.15, -0.1) is 0 Å². The van der Waals surface area contributed by atoms with Gasteiger partial charge in [0, 0.05) is 10.8 Å². The van der Waals surface area contributed by atoms with Crippen LogP contribution in [0.2, 0.25) is 0 Å². The van der Waals surface area contributed by atoms with Crippen molar-refractivity contribution in [1.82, 2.24) is 0 Å². The largest absolute Gasteiger partial charge is 0.0622 e. The van der Waals surface area contributed by atoms with Crippen LogP contribution in [0.1, 0.15) is 86.5 Å². The van der Waals surface area contributed by atoms with E-state index in [0.717, 1.165) is 47.3 Å². The zero-order valence-electron chi connectivity index (χ0n) is 64.2. The molecule has 2 spiro atoms. The second-order valence-corrected chi connectivity index (χ2v) is 35.6. The number of hydrogen-bond acceptors (Lipinski definition) is 0. The molecule has 0 atom stereocenters. The maximum absolute atomic E-state index is 2.65. The minimum absolute atomic E-state index is 0.159. The highest BCUT2D eigenvalue weighted by Gasteiger charge is 2.63. The minimum atomic E-state index is 0.159. The number of rotatable bonds is 7. The minimum Gasteiger partial charge on any atom is -0.0622 e. The van der Waals surface area contributed by atoms with Crippen molar-refractivity contribution in [3.63, 3.8) is 0 Å². The van der Waals surface area contributed by atoms with E-state index in [0.29, 0.717) is 0 Å². The van der Waals surface area contributed by atoms with Gasteiger partial charge in [0.05, 0.1) is 0 Å². The summed E-state index contributed by atoms with van der Waals surface area (Å²) in [5, 5.41) is 18.2. The predicted octanol–water partition coefficient (Wildman–Crippen LogP) is 30.6. The highest BCUT2D eigenvalue weighted by Crippen LogP contribution is 2.72. The first kappa shape index (κ1) is 65.3. The lowest BCUT2D eigenvalue weighted by Gasteiger charge is -2.61. The predicted molar refractivity (Wildman–Crippen MR) is 480 cm³/mol. The molecule has 0 nitrogen and oxygen atoms in total. The van der Waals surface area contributed by atoms with Crippen LogP contribution >= 0.6 is 0 Å². The molecule has 0 unspecified atom stereocenters. The molecule has 0 heterocycles. The molecule has 0 heteroatoms. The van der Waals surface area contributed by atoms with Crippen LogP contribution in [-0.4, -0.2) is 0 Å². The Hall–Kier alpha value is -12.2. The van der Waals surface area contributed by atoms with Crippen LogP contribution in [-0.2, 0) is 10.8 Å². The van der Waals surface area contributed by atoms with Gasteiger partial charge in [0.2, 0.25) is 0 Å². The molecule has 0 radical (unpaired) electrons. The first-order valence-electron chi connectivity index (χ1n) is 42.5. The van der Waals surface area contributed by atoms with Gasteiger partial charge in [0.25, 0.3) is 0 Å². The molecule has 0 aliphatic heterocycles. The average Bonchev–Trinajstić information content (AvgIpc) is 1.50. The molecule has 8 saturated carbocycles. The van der Waals surface area contributed by atoms with E-state index in [2.05, 4.69) is 352 Å². The summed E-state index contributed by atoms with van der Waals surface area (Å²) >= 11 is 0. The van der Waals surface area contributed by atoms with Crippen molar-refractivity contribution >= 4 is 75.4 Å². The molecule has 114 heavy (non-hydrogen) atoms. The fourth-order valence-corrected chi connectivity index (χ4v) is 26.4. The van der Waals surface area contributed by atoms with Crippen molar-refractivity contribution < 1.29 is 0 Å². The lowest BCUT2D eigenvalue weighted by atomic mass is 9.43. The summed E-state index contributed by atoms with van der Waals surface area (Å²) < 4.78 is 0. The van der Waals surface area contributed by atoms with Crippen LogP contribution in [0.25, 0.3) is 176 Å². The highest BCUT2D eigenvalue weighted by molar-refractivity contribution is 6.26. The molecule has 28 rings (SSSR count). The Morgan fingerprint density at radius 3 is 0.860 bits per heavy atom.